The molecule has 2 aliphatic rings. The first-order chi connectivity index (χ1) is 15.2. The Hall–Kier alpha value is -2.94. The molecule has 0 aliphatic carbocycles. The first-order valence-corrected chi connectivity index (χ1v) is 10.3. The van der Waals surface area contributed by atoms with E-state index >= 15 is 0 Å². The maximum Gasteiger partial charge on any atom is 0.229 e. The summed E-state index contributed by atoms with van der Waals surface area (Å²) in [5.41, 5.74) is 3.82. The second kappa shape index (κ2) is 10.4. The Morgan fingerprint density at radius 3 is 2.87 bits per heavy atom. The van der Waals surface area contributed by atoms with Crippen molar-refractivity contribution in [2.45, 2.75) is 26.0 Å². The van der Waals surface area contributed by atoms with Gasteiger partial charge in [-0.15, -0.1) is 0 Å². The summed E-state index contributed by atoms with van der Waals surface area (Å²) in [7, 11) is 1.59. The number of pyridine rings is 1. The van der Waals surface area contributed by atoms with Gasteiger partial charge in [0.05, 0.1) is 44.9 Å². The van der Waals surface area contributed by atoms with Crippen LogP contribution >= 0.6 is 0 Å². The molecule has 1 aromatic carbocycles. The summed E-state index contributed by atoms with van der Waals surface area (Å²) in [6.45, 7) is 4.56. The normalized spacial score (nSPS) is 21.0. The summed E-state index contributed by atoms with van der Waals surface area (Å²) in [5.74, 6) is 1.28. The van der Waals surface area contributed by atoms with E-state index in [9.17, 15) is 0 Å². The molecule has 0 saturated carbocycles. The van der Waals surface area contributed by atoms with Gasteiger partial charge in [-0.1, -0.05) is 6.07 Å². The van der Waals surface area contributed by atoms with Gasteiger partial charge in [0, 0.05) is 17.8 Å². The van der Waals surface area contributed by atoms with Gasteiger partial charge in [0.25, 0.3) is 0 Å². The lowest BCUT2D eigenvalue weighted by atomic mass is 10.0. The third-order valence-corrected chi connectivity index (χ3v) is 4.93. The number of nitrogens with one attached hydrogen (secondary N) is 1. The van der Waals surface area contributed by atoms with Crippen molar-refractivity contribution < 1.29 is 23.7 Å². The minimum Gasteiger partial charge on any atom is -0.487 e. The highest BCUT2D eigenvalue weighted by Gasteiger charge is 2.22. The molecule has 1 aromatic heterocycles. The van der Waals surface area contributed by atoms with Gasteiger partial charge in [0.1, 0.15) is 18.5 Å². The van der Waals surface area contributed by atoms with Crippen LogP contribution in [-0.2, 0) is 25.6 Å². The van der Waals surface area contributed by atoms with Crippen molar-refractivity contribution in [1.29, 1.82) is 0 Å². The molecule has 31 heavy (non-hydrogen) atoms. The summed E-state index contributed by atoms with van der Waals surface area (Å²) >= 11 is 0. The molecule has 164 valence electrons. The number of nitrogens with zero attached hydrogens (tertiary/aromatic N) is 2. The third kappa shape index (κ3) is 5.81. The maximum absolute atomic E-state index is 5.90. The van der Waals surface area contributed by atoms with Crippen molar-refractivity contribution in [2.24, 2.45) is 4.99 Å². The number of hydrogen-bond donors (Lipinski definition) is 1. The predicted octanol–water partition coefficient (Wildman–Crippen LogP) is 2.67. The van der Waals surface area contributed by atoms with E-state index in [-0.39, 0.29) is 6.10 Å². The van der Waals surface area contributed by atoms with E-state index in [1.54, 1.807) is 13.3 Å². The molecule has 8 nitrogen and oxygen atoms in total. The van der Waals surface area contributed by atoms with Gasteiger partial charge in [-0.05, 0) is 42.8 Å². The summed E-state index contributed by atoms with van der Waals surface area (Å²) in [6.07, 6.45) is 2.95. The number of methoxy groups -OCH3 is 1. The van der Waals surface area contributed by atoms with Crippen molar-refractivity contribution in [1.82, 2.24) is 10.3 Å². The number of benzene rings is 1. The Bertz CT molecular complexity index is 926. The van der Waals surface area contributed by atoms with Crippen LogP contribution in [0.5, 0.6) is 5.75 Å². The molecule has 0 radical (unpaired) electrons. The van der Waals surface area contributed by atoms with Gasteiger partial charge in [-0.25, -0.2) is 0 Å². The zero-order valence-corrected chi connectivity index (χ0v) is 17.7. The molecule has 1 fully saturated rings. The van der Waals surface area contributed by atoms with E-state index in [2.05, 4.69) is 15.3 Å². The molecule has 3 heterocycles. The molecule has 0 bridgehead atoms. The monoisotopic (exact) mass is 425 g/mol. The highest BCUT2D eigenvalue weighted by Crippen LogP contribution is 2.25. The highest BCUT2D eigenvalue weighted by molar-refractivity contribution is 5.96. The molecule has 1 saturated heterocycles. The summed E-state index contributed by atoms with van der Waals surface area (Å²) in [5, 5.41) is 3.32. The second-order valence-corrected chi connectivity index (χ2v) is 7.21. The third-order valence-electron chi connectivity index (χ3n) is 4.93. The Morgan fingerprint density at radius 1 is 1.19 bits per heavy atom. The minimum absolute atomic E-state index is 0.0941. The molecule has 2 aromatic rings. The van der Waals surface area contributed by atoms with Crippen LogP contribution in [0.2, 0.25) is 0 Å². The standard InChI is InChI=1S/C23H27N3O5/c1-16-11-18(30-13-17-5-3-4-8-24-17)6-7-20(16)21-12-22(27-2)26-23(25-21)31-15-19-14-28-9-10-29-19/h3-8,11-12,19,23,25H,9-10,13-15H2,1-2H3/t19-,23?/m1/s1. The van der Waals surface area contributed by atoms with Gasteiger partial charge in [-0.2, -0.15) is 4.99 Å². The van der Waals surface area contributed by atoms with Crippen LogP contribution in [0.25, 0.3) is 5.70 Å². The van der Waals surface area contributed by atoms with Crippen LogP contribution < -0.4 is 10.1 Å². The quantitative estimate of drug-likeness (QED) is 0.730. The lowest BCUT2D eigenvalue weighted by Crippen LogP contribution is -2.39. The fourth-order valence-electron chi connectivity index (χ4n) is 3.33. The van der Waals surface area contributed by atoms with Crippen LogP contribution in [0, 0.1) is 6.92 Å². The summed E-state index contributed by atoms with van der Waals surface area (Å²) in [4.78, 5) is 8.71. The number of rotatable bonds is 7. The van der Waals surface area contributed by atoms with E-state index in [1.165, 1.54) is 0 Å². The Labute approximate surface area is 181 Å². The Kier molecular flexibility index (Phi) is 7.14. The zero-order chi connectivity index (χ0) is 21.5. The van der Waals surface area contributed by atoms with E-state index in [0.29, 0.717) is 38.9 Å². The molecular weight excluding hydrogens is 398 g/mol. The summed E-state index contributed by atoms with van der Waals surface area (Å²) in [6, 6.07) is 11.7. The smallest absolute Gasteiger partial charge is 0.229 e. The first kappa shape index (κ1) is 21.3. The first-order valence-electron chi connectivity index (χ1n) is 10.3. The number of aryl methyl sites for hydroxylation is 1. The molecule has 0 amide bonds. The molecule has 4 rings (SSSR count). The van der Waals surface area contributed by atoms with Crippen molar-refractivity contribution in [3.63, 3.8) is 0 Å². The zero-order valence-electron chi connectivity index (χ0n) is 17.7. The lowest BCUT2D eigenvalue weighted by molar-refractivity contribution is -0.125. The SMILES string of the molecule is COC1=NC(OC[C@H]2COCCO2)NC(c2ccc(OCc3ccccn3)cc2C)=C1. The van der Waals surface area contributed by atoms with Crippen molar-refractivity contribution in [2.75, 3.05) is 33.5 Å². The van der Waals surface area contributed by atoms with E-state index in [1.807, 2.05) is 49.4 Å². The highest BCUT2D eigenvalue weighted by atomic mass is 16.6. The Morgan fingerprint density at radius 2 is 2.13 bits per heavy atom. The molecule has 1 N–H and O–H groups in total. The molecule has 1 unspecified atom stereocenters. The van der Waals surface area contributed by atoms with Crippen molar-refractivity contribution in [3.8, 4) is 5.75 Å². The molecule has 2 atom stereocenters. The predicted molar refractivity (Wildman–Crippen MR) is 116 cm³/mol. The molecule has 8 heteroatoms. The van der Waals surface area contributed by atoms with Crippen LogP contribution in [0.4, 0.5) is 0 Å². The van der Waals surface area contributed by atoms with Crippen LogP contribution in [0.3, 0.4) is 0 Å². The van der Waals surface area contributed by atoms with Crippen molar-refractivity contribution >= 4 is 11.6 Å². The van der Waals surface area contributed by atoms with Gasteiger partial charge in [0.15, 0.2) is 0 Å². The second-order valence-electron chi connectivity index (χ2n) is 7.21. The number of hydrogen-bond acceptors (Lipinski definition) is 8. The fraction of sp³-hybridized carbons (Fsp3) is 0.391. The molecule has 0 spiro atoms. The number of aromatic nitrogens is 1. The van der Waals surface area contributed by atoms with Crippen LogP contribution in [0.1, 0.15) is 16.8 Å². The van der Waals surface area contributed by atoms with Crippen LogP contribution in [0.15, 0.2) is 53.7 Å². The average molecular weight is 425 g/mol. The van der Waals surface area contributed by atoms with Gasteiger partial charge >= 0.3 is 0 Å². The van der Waals surface area contributed by atoms with Gasteiger partial charge < -0.3 is 29.0 Å². The van der Waals surface area contributed by atoms with Gasteiger partial charge in [0.2, 0.25) is 12.2 Å². The molecular formula is C23H27N3O5. The number of ether oxygens (including phenoxy) is 5. The summed E-state index contributed by atoms with van der Waals surface area (Å²) < 4.78 is 28.2. The fourth-order valence-corrected chi connectivity index (χ4v) is 3.33. The van der Waals surface area contributed by atoms with E-state index in [4.69, 9.17) is 23.7 Å². The largest absolute Gasteiger partial charge is 0.487 e. The van der Waals surface area contributed by atoms with E-state index in [0.717, 1.165) is 28.3 Å². The number of aliphatic imine (C=N–C) groups is 1. The lowest BCUT2D eigenvalue weighted by Gasteiger charge is -2.27. The maximum atomic E-state index is 5.90. The van der Waals surface area contributed by atoms with Crippen LogP contribution in [-0.4, -0.2) is 56.9 Å². The molecule has 2 aliphatic heterocycles. The van der Waals surface area contributed by atoms with Crippen molar-refractivity contribution in [3.05, 3.63) is 65.5 Å². The average Bonchev–Trinajstić information content (AvgIpc) is 2.82. The van der Waals surface area contributed by atoms with E-state index < -0.39 is 6.35 Å². The minimum atomic E-state index is -0.569. The topological polar surface area (TPSA) is 83.4 Å². The Balaban J connectivity index is 1.41. The van der Waals surface area contributed by atoms with Gasteiger partial charge in [-0.3, -0.25) is 4.98 Å².